The minimum atomic E-state index is -3.34. The van der Waals surface area contributed by atoms with Gasteiger partial charge in [-0.25, -0.2) is 13.1 Å². The van der Waals surface area contributed by atoms with E-state index < -0.39 is 10.0 Å². The lowest BCUT2D eigenvalue weighted by atomic mass is 10.2. The van der Waals surface area contributed by atoms with Crippen LogP contribution in [0, 0.1) is 13.8 Å². The fourth-order valence-electron chi connectivity index (χ4n) is 1.53. The van der Waals surface area contributed by atoms with Gasteiger partial charge >= 0.3 is 0 Å². The minimum absolute atomic E-state index is 0.147. The summed E-state index contributed by atoms with van der Waals surface area (Å²) in [6.07, 6.45) is 1.90. The Kier molecular flexibility index (Phi) is 3.11. The third-order valence-corrected chi connectivity index (χ3v) is 5.16. The van der Waals surface area contributed by atoms with E-state index in [1.54, 1.807) is 6.07 Å². The SMILES string of the molecule is Cc1cc(S(=O)(=O)NC2CC2)c(C)cc1Br. The zero-order valence-corrected chi connectivity index (χ0v) is 11.7. The van der Waals surface area contributed by atoms with Crippen LogP contribution in [-0.4, -0.2) is 14.5 Å². The maximum atomic E-state index is 12.0. The Balaban J connectivity index is 2.42. The van der Waals surface area contributed by atoms with Gasteiger partial charge in [0, 0.05) is 10.5 Å². The van der Waals surface area contributed by atoms with Crippen molar-refractivity contribution in [2.75, 3.05) is 0 Å². The quantitative estimate of drug-likeness (QED) is 0.932. The molecule has 0 aromatic heterocycles. The predicted molar refractivity (Wildman–Crippen MR) is 67.0 cm³/mol. The molecule has 0 amide bonds. The van der Waals surface area contributed by atoms with E-state index >= 15 is 0 Å². The second-order valence-corrected chi connectivity index (χ2v) is 6.80. The first kappa shape index (κ1) is 12.1. The van der Waals surface area contributed by atoms with Crippen molar-refractivity contribution in [1.29, 1.82) is 0 Å². The van der Waals surface area contributed by atoms with Crippen molar-refractivity contribution in [2.24, 2.45) is 0 Å². The van der Waals surface area contributed by atoms with Crippen LogP contribution in [0.4, 0.5) is 0 Å². The highest BCUT2D eigenvalue weighted by molar-refractivity contribution is 9.10. The van der Waals surface area contributed by atoms with Gasteiger partial charge in [-0.1, -0.05) is 15.9 Å². The molecule has 0 radical (unpaired) electrons. The van der Waals surface area contributed by atoms with Gasteiger partial charge in [-0.15, -0.1) is 0 Å². The number of sulfonamides is 1. The molecule has 1 aliphatic rings. The molecule has 1 N–H and O–H groups in total. The van der Waals surface area contributed by atoms with Crippen molar-refractivity contribution in [3.8, 4) is 0 Å². The Morgan fingerprint density at radius 2 is 1.88 bits per heavy atom. The summed E-state index contributed by atoms with van der Waals surface area (Å²) in [5.74, 6) is 0. The molecule has 1 fully saturated rings. The average Bonchev–Trinajstić information content (AvgIpc) is 2.94. The van der Waals surface area contributed by atoms with Crippen LogP contribution < -0.4 is 4.72 Å². The second kappa shape index (κ2) is 4.13. The van der Waals surface area contributed by atoms with Crippen LogP contribution >= 0.6 is 15.9 Å². The Labute approximate surface area is 104 Å². The summed E-state index contributed by atoms with van der Waals surface area (Å²) in [4.78, 5) is 0.389. The van der Waals surface area contributed by atoms with Crippen molar-refractivity contribution in [3.63, 3.8) is 0 Å². The van der Waals surface area contributed by atoms with Gasteiger partial charge in [-0.3, -0.25) is 0 Å². The van der Waals surface area contributed by atoms with Crippen molar-refractivity contribution in [3.05, 3.63) is 27.7 Å². The van der Waals surface area contributed by atoms with Gasteiger partial charge in [-0.2, -0.15) is 0 Å². The van der Waals surface area contributed by atoms with E-state index in [-0.39, 0.29) is 6.04 Å². The minimum Gasteiger partial charge on any atom is -0.208 e. The van der Waals surface area contributed by atoms with E-state index in [1.807, 2.05) is 19.9 Å². The second-order valence-electron chi connectivity index (χ2n) is 4.26. The van der Waals surface area contributed by atoms with Crippen molar-refractivity contribution < 1.29 is 8.42 Å². The zero-order chi connectivity index (χ0) is 11.9. The summed E-state index contributed by atoms with van der Waals surface area (Å²) in [7, 11) is -3.34. The molecule has 0 heterocycles. The van der Waals surface area contributed by atoms with Gasteiger partial charge in [0.15, 0.2) is 0 Å². The van der Waals surface area contributed by atoms with E-state index in [0.29, 0.717) is 4.90 Å². The Hall–Kier alpha value is -0.390. The molecule has 0 saturated heterocycles. The molecule has 1 aromatic carbocycles. The first-order valence-corrected chi connectivity index (χ1v) is 7.47. The third-order valence-electron chi connectivity index (χ3n) is 2.64. The van der Waals surface area contributed by atoms with Crippen LogP contribution in [0.25, 0.3) is 0 Å². The van der Waals surface area contributed by atoms with Gasteiger partial charge in [0.25, 0.3) is 0 Å². The smallest absolute Gasteiger partial charge is 0.208 e. The molecule has 0 atom stereocenters. The van der Waals surface area contributed by atoms with Gasteiger partial charge < -0.3 is 0 Å². The van der Waals surface area contributed by atoms with Crippen molar-refractivity contribution in [1.82, 2.24) is 4.72 Å². The van der Waals surface area contributed by atoms with Crippen LogP contribution in [0.1, 0.15) is 24.0 Å². The van der Waals surface area contributed by atoms with Crippen LogP contribution in [0.3, 0.4) is 0 Å². The van der Waals surface area contributed by atoms with Gasteiger partial charge in [0.1, 0.15) is 0 Å². The fraction of sp³-hybridized carbons (Fsp3) is 0.455. The van der Waals surface area contributed by atoms with Crippen LogP contribution in [0.5, 0.6) is 0 Å². The molecule has 0 unspecified atom stereocenters. The summed E-state index contributed by atoms with van der Waals surface area (Å²) in [5.41, 5.74) is 1.70. The van der Waals surface area contributed by atoms with Gasteiger partial charge in [0.05, 0.1) is 4.90 Å². The molecule has 3 nitrogen and oxygen atoms in total. The maximum absolute atomic E-state index is 12.0. The number of rotatable bonds is 3. The molecule has 0 bridgehead atoms. The predicted octanol–water partition coefficient (Wildman–Crippen LogP) is 2.51. The normalized spacial score (nSPS) is 16.4. The molecule has 2 rings (SSSR count). The largest absolute Gasteiger partial charge is 0.241 e. The molecule has 1 saturated carbocycles. The first-order chi connectivity index (χ1) is 7.40. The van der Waals surface area contributed by atoms with E-state index in [0.717, 1.165) is 28.4 Å². The number of nitrogens with one attached hydrogen (secondary N) is 1. The number of aryl methyl sites for hydroxylation is 2. The Bertz CT molecular complexity index is 521. The number of benzene rings is 1. The van der Waals surface area contributed by atoms with Crippen LogP contribution in [0.2, 0.25) is 0 Å². The van der Waals surface area contributed by atoms with Crippen molar-refractivity contribution in [2.45, 2.75) is 37.6 Å². The summed E-state index contributed by atoms with van der Waals surface area (Å²) in [6.45, 7) is 3.70. The topological polar surface area (TPSA) is 46.2 Å². The molecule has 16 heavy (non-hydrogen) atoms. The van der Waals surface area contributed by atoms with E-state index in [2.05, 4.69) is 20.7 Å². The first-order valence-electron chi connectivity index (χ1n) is 5.19. The lowest BCUT2D eigenvalue weighted by Gasteiger charge is -2.10. The number of hydrogen-bond acceptors (Lipinski definition) is 2. The van der Waals surface area contributed by atoms with Crippen LogP contribution in [0.15, 0.2) is 21.5 Å². The van der Waals surface area contributed by atoms with Crippen LogP contribution in [-0.2, 0) is 10.0 Å². The highest BCUT2D eigenvalue weighted by Gasteiger charge is 2.28. The highest BCUT2D eigenvalue weighted by atomic mass is 79.9. The summed E-state index contributed by atoms with van der Waals surface area (Å²) in [5, 5.41) is 0. The Morgan fingerprint density at radius 3 is 2.44 bits per heavy atom. The lowest BCUT2D eigenvalue weighted by molar-refractivity contribution is 0.580. The Morgan fingerprint density at radius 1 is 1.25 bits per heavy atom. The average molecular weight is 304 g/mol. The van der Waals surface area contributed by atoms with E-state index in [1.165, 1.54) is 0 Å². The lowest BCUT2D eigenvalue weighted by Crippen LogP contribution is -2.26. The van der Waals surface area contributed by atoms with Crippen molar-refractivity contribution >= 4 is 26.0 Å². The van der Waals surface area contributed by atoms with E-state index in [4.69, 9.17) is 0 Å². The zero-order valence-electron chi connectivity index (χ0n) is 9.25. The molecule has 0 spiro atoms. The fourth-order valence-corrected chi connectivity index (χ4v) is 3.60. The van der Waals surface area contributed by atoms with Gasteiger partial charge in [0.2, 0.25) is 10.0 Å². The number of halogens is 1. The molecule has 88 valence electrons. The maximum Gasteiger partial charge on any atom is 0.241 e. The molecule has 5 heteroatoms. The highest BCUT2D eigenvalue weighted by Crippen LogP contribution is 2.27. The monoisotopic (exact) mass is 303 g/mol. The molecular formula is C11H14BrNO2S. The molecule has 1 aliphatic carbocycles. The molecular weight excluding hydrogens is 290 g/mol. The summed E-state index contributed by atoms with van der Waals surface area (Å²) < 4.78 is 27.7. The van der Waals surface area contributed by atoms with Gasteiger partial charge in [-0.05, 0) is 49.9 Å². The molecule has 0 aliphatic heterocycles. The summed E-state index contributed by atoms with van der Waals surface area (Å²) in [6, 6.07) is 3.70. The third kappa shape index (κ3) is 2.47. The number of hydrogen-bond donors (Lipinski definition) is 1. The summed E-state index contributed by atoms with van der Waals surface area (Å²) >= 11 is 3.39. The molecule has 1 aromatic rings. The standard InChI is InChI=1S/C11H14BrNO2S/c1-7-6-11(8(2)5-10(7)12)16(14,15)13-9-3-4-9/h5-6,9,13H,3-4H2,1-2H3. The van der Waals surface area contributed by atoms with E-state index in [9.17, 15) is 8.42 Å².